The minimum absolute atomic E-state index is 0.0950. The van der Waals surface area contributed by atoms with Crippen LogP contribution >= 0.6 is 11.3 Å². The van der Waals surface area contributed by atoms with Crippen LogP contribution in [0.15, 0.2) is 35.7 Å². The van der Waals surface area contributed by atoms with Gasteiger partial charge in [0.05, 0.1) is 0 Å². The number of rotatable bonds is 5. The number of hydrogen-bond acceptors (Lipinski definition) is 4. The minimum atomic E-state index is 0.0950. The maximum absolute atomic E-state index is 8.56. The van der Waals surface area contributed by atoms with Crippen LogP contribution in [0.2, 0.25) is 0 Å². The highest BCUT2D eigenvalue weighted by Crippen LogP contribution is 2.33. The van der Waals surface area contributed by atoms with E-state index in [1.807, 2.05) is 35.6 Å². The summed E-state index contributed by atoms with van der Waals surface area (Å²) in [6.45, 7) is 0.918. The fourth-order valence-corrected chi connectivity index (χ4v) is 3.79. The van der Waals surface area contributed by atoms with Crippen LogP contribution in [-0.2, 0) is 13.0 Å². The maximum atomic E-state index is 8.56. The van der Waals surface area contributed by atoms with E-state index in [0.717, 1.165) is 12.3 Å². The molecule has 1 aromatic carbocycles. The van der Waals surface area contributed by atoms with Crippen molar-refractivity contribution in [1.82, 2.24) is 5.32 Å². The molecule has 3 rings (SSSR count). The van der Waals surface area contributed by atoms with Crippen molar-refractivity contribution in [3.8, 4) is 11.8 Å². The second kappa shape index (κ2) is 6.75. The monoisotopic (exact) mass is 298 g/mol. The van der Waals surface area contributed by atoms with Crippen LogP contribution in [0.4, 0.5) is 0 Å². The van der Waals surface area contributed by atoms with Crippen molar-refractivity contribution in [2.75, 3.05) is 6.61 Å². The Morgan fingerprint density at radius 2 is 2.33 bits per heavy atom. The van der Waals surface area contributed by atoms with Gasteiger partial charge in [-0.15, -0.1) is 11.3 Å². The predicted octanol–water partition coefficient (Wildman–Crippen LogP) is 3.82. The van der Waals surface area contributed by atoms with Crippen molar-refractivity contribution >= 4 is 11.3 Å². The number of ether oxygens (including phenoxy) is 1. The first kappa shape index (κ1) is 14.1. The number of nitriles is 1. The summed E-state index contributed by atoms with van der Waals surface area (Å²) in [6, 6.07) is 12.7. The molecule has 2 aromatic rings. The Balaban J connectivity index is 1.62. The Labute approximate surface area is 129 Å². The van der Waals surface area contributed by atoms with Crippen molar-refractivity contribution < 1.29 is 4.74 Å². The quantitative estimate of drug-likeness (QED) is 0.912. The average Bonchev–Trinajstić information content (AvgIpc) is 3.00. The fraction of sp³-hybridized carbons (Fsp3) is 0.353. The molecule has 108 valence electrons. The SMILES string of the molecule is N#CCOc1cccc(CNC2CCCc3sccc32)c1. The van der Waals surface area contributed by atoms with E-state index in [1.165, 1.54) is 35.3 Å². The van der Waals surface area contributed by atoms with Crippen molar-refractivity contribution in [2.45, 2.75) is 31.8 Å². The van der Waals surface area contributed by atoms with Crippen LogP contribution in [-0.4, -0.2) is 6.61 Å². The molecule has 1 heterocycles. The molecule has 0 bridgehead atoms. The molecule has 1 aliphatic carbocycles. The number of aryl methyl sites for hydroxylation is 1. The zero-order valence-corrected chi connectivity index (χ0v) is 12.7. The van der Waals surface area contributed by atoms with E-state index in [9.17, 15) is 0 Å². The van der Waals surface area contributed by atoms with E-state index in [0.29, 0.717) is 6.04 Å². The van der Waals surface area contributed by atoms with Crippen molar-refractivity contribution in [1.29, 1.82) is 5.26 Å². The lowest BCUT2D eigenvalue weighted by molar-refractivity contribution is 0.367. The van der Waals surface area contributed by atoms with Crippen molar-refractivity contribution in [2.24, 2.45) is 0 Å². The van der Waals surface area contributed by atoms with Gasteiger partial charge in [0.2, 0.25) is 0 Å². The number of benzene rings is 1. The third-order valence-electron chi connectivity index (χ3n) is 3.81. The third-order valence-corrected chi connectivity index (χ3v) is 4.80. The first-order valence-electron chi connectivity index (χ1n) is 7.25. The normalized spacial score (nSPS) is 17.0. The largest absolute Gasteiger partial charge is 0.479 e. The molecule has 21 heavy (non-hydrogen) atoms. The second-order valence-electron chi connectivity index (χ2n) is 5.22. The van der Waals surface area contributed by atoms with Gasteiger partial charge in [0, 0.05) is 17.5 Å². The number of fused-ring (bicyclic) bond motifs is 1. The summed E-state index contributed by atoms with van der Waals surface area (Å²) < 4.78 is 5.34. The molecular weight excluding hydrogens is 280 g/mol. The first-order valence-corrected chi connectivity index (χ1v) is 8.13. The van der Waals surface area contributed by atoms with E-state index in [1.54, 1.807) is 0 Å². The van der Waals surface area contributed by atoms with Crippen LogP contribution in [0.3, 0.4) is 0 Å². The molecule has 1 N–H and O–H groups in total. The van der Waals surface area contributed by atoms with Gasteiger partial charge in [0.1, 0.15) is 11.8 Å². The smallest absolute Gasteiger partial charge is 0.174 e. The molecule has 0 amide bonds. The summed E-state index contributed by atoms with van der Waals surface area (Å²) in [4.78, 5) is 1.53. The number of thiophene rings is 1. The minimum Gasteiger partial charge on any atom is -0.479 e. The summed E-state index contributed by atoms with van der Waals surface area (Å²) in [5, 5.41) is 14.4. The van der Waals surface area contributed by atoms with Crippen LogP contribution in [0.5, 0.6) is 5.75 Å². The molecule has 1 aromatic heterocycles. The van der Waals surface area contributed by atoms with Gasteiger partial charge in [-0.3, -0.25) is 0 Å². The van der Waals surface area contributed by atoms with E-state index in [4.69, 9.17) is 10.00 Å². The van der Waals surface area contributed by atoms with Gasteiger partial charge in [-0.2, -0.15) is 5.26 Å². The molecule has 0 saturated heterocycles. The number of hydrogen-bond donors (Lipinski definition) is 1. The molecule has 1 atom stereocenters. The van der Waals surface area contributed by atoms with Crippen LogP contribution in [0, 0.1) is 11.3 Å². The Bertz CT molecular complexity index is 644. The fourth-order valence-electron chi connectivity index (χ4n) is 2.80. The van der Waals surface area contributed by atoms with Crippen LogP contribution < -0.4 is 10.1 Å². The summed E-state index contributed by atoms with van der Waals surface area (Å²) in [5.41, 5.74) is 2.66. The highest BCUT2D eigenvalue weighted by atomic mass is 32.1. The molecule has 1 aliphatic rings. The van der Waals surface area contributed by atoms with Gasteiger partial charge in [0.15, 0.2) is 6.61 Å². The van der Waals surface area contributed by atoms with Gasteiger partial charge in [-0.05, 0) is 54.0 Å². The van der Waals surface area contributed by atoms with E-state index < -0.39 is 0 Å². The topological polar surface area (TPSA) is 45.0 Å². The van der Waals surface area contributed by atoms with Gasteiger partial charge >= 0.3 is 0 Å². The number of nitrogens with zero attached hydrogens (tertiary/aromatic N) is 1. The molecule has 4 heteroatoms. The molecular formula is C17H18N2OS. The summed E-state index contributed by atoms with van der Waals surface area (Å²) in [6.07, 6.45) is 3.69. The van der Waals surface area contributed by atoms with E-state index >= 15 is 0 Å². The van der Waals surface area contributed by atoms with Gasteiger partial charge in [-0.1, -0.05) is 12.1 Å². The van der Waals surface area contributed by atoms with Gasteiger partial charge in [0.25, 0.3) is 0 Å². The third kappa shape index (κ3) is 3.44. The molecule has 0 spiro atoms. The standard InChI is InChI=1S/C17H18N2OS/c18-8-9-20-14-4-1-3-13(11-14)12-19-16-5-2-6-17-15(16)7-10-21-17/h1,3-4,7,10-11,16,19H,2,5-6,9,12H2. The molecule has 0 saturated carbocycles. The summed E-state index contributed by atoms with van der Waals surface area (Å²) >= 11 is 1.87. The highest BCUT2D eigenvalue weighted by molar-refractivity contribution is 7.10. The Kier molecular flexibility index (Phi) is 4.54. The second-order valence-corrected chi connectivity index (χ2v) is 6.22. The predicted molar refractivity (Wildman–Crippen MR) is 84.4 cm³/mol. The van der Waals surface area contributed by atoms with E-state index in [2.05, 4.69) is 22.8 Å². The Morgan fingerprint density at radius 3 is 3.24 bits per heavy atom. The van der Waals surface area contributed by atoms with Gasteiger partial charge in [-0.25, -0.2) is 0 Å². The average molecular weight is 298 g/mol. The summed E-state index contributed by atoms with van der Waals surface area (Å²) in [7, 11) is 0. The molecule has 0 aliphatic heterocycles. The lowest BCUT2D eigenvalue weighted by Crippen LogP contribution is -2.23. The zero-order chi connectivity index (χ0) is 14.5. The summed E-state index contributed by atoms with van der Waals surface area (Å²) in [5.74, 6) is 0.760. The van der Waals surface area contributed by atoms with Crippen LogP contribution in [0.1, 0.15) is 34.9 Å². The molecule has 1 unspecified atom stereocenters. The highest BCUT2D eigenvalue weighted by Gasteiger charge is 2.20. The van der Waals surface area contributed by atoms with Crippen LogP contribution in [0.25, 0.3) is 0 Å². The molecule has 3 nitrogen and oxygen atoms in total. The maximum Gasteiger partial charge on any atom is 0.174 e. The first-order chi connectivity index (χ1) is 10.4. The van der Waals surface area contributed by atoms with Crippen molar-refractivity contribution in [3.63, 3.8) is 0 Å². The molecule has 0 radical (unpaired) electrons. The molecule has 0 fully saturated rings. The van der Waals surface area contributed by atoms with Gasteiger partial charge < -0.3 is 10.1 Å². The Morgan fingerprint density at radius 1 is 1.38 bits per heavy atom. The van der Waals surface area contributed by atoms with E-state index in [-0.39, 0.29) is 6.61 Å². The number of nitrogens with one attached hydrogen (secondary N) is 1. The van der Waals surface area contributed by atoms with Crippen molar-refractivity contribution in [3.05, 3.63) is 51.7 Å². The lowest BCUT2D eigenvalue weighted by Gasteiger charge is -2.24. The zero-order valence-electron chi connectivity index (χ0n) is 11.8. The lowest BCUT2D eigenvalue weighted by atomic mass is 9.94. The Hall–Kier alpha value is -1.83.